The van der Waals surface area contributed by atoms with E-state index in [0.717, 1.165) is 16.3 Å². The van der Waals surface area contributed by atoms with Crippen LogP contribution in [-0.2, 0) is 25.5 Å². The molecule has 0 unspecified atom stereocenters. The van der Waals surface area contributed by atoms with Crippen LogP contribution in [-0.4, -0.2) is 36.1 Å². The lowest BCUT2D eigenvalue weighted by atomic mass is 10.1. The number of amides is 2. The summed E-state index contributed by atoms with van der Waals surface area (Å²) >= 11 is 4.97. The van der Waals surface area contributed by atoms with Crippen molar-refractivity contribution in [2.24, 2.45) is 0 Å². The molecule has 0 aliphatic heterocycles. The molecule has 0 spiro atoms. The summed E-state index contributed by atoms with van der Waals surface area (Å²) in [6.07, 6.45) is 0.442. The molecule has 0 saturated heterocycles. The van der Waals surface area contributed by atoms with Crippen molar-refractivity contribution < 1.29 is 23.9 Å². The number of carbonyl (C=O) groups excluding carboxylic acids is 3. The number of carbonyl (C=O) groups is 3. The van der Waals surface area contributed by atoms with Crippen LogP contribution >= 0.6 is 12.2 Å². The molecule has 3 aromatic rings. The summed E-state index contributed by atoms with van der Waals surface area (Å²) in [4.78, 5) is 35.7. The molecule has 0 aromatic heterocycles. The van der Waals surface area contributed by atoms with Crippen LogP contribution in [0.1, 0.15) is 18.4 Å². The second-order valence-electron chi connectivity index (χ2n) is 7.30. The van der Waals surface area contributed by atoms with Crippen LogP contribution in [0.4, 0.5) is 0 Å². The quantitative estimate of drug-likeness (QED) is 0.246. The number of esters is 1. The summed E-state index contributed by atoms with van der Waals surface area (Å²) in [5.41, 5.74) is 5.83. The topological polar surface area (TPSA) is 106 Å². The largest absolute Gasteiger partial charge is 0.484 e. The van der Waals surface area contributed by atoms with E-state index in [2.05, 4.69) is 16.2 Å². The zero-order valence-electron chi connectivity index (χ0n) is 18.4. The first-order valence-electron chi connectivity index (χ1n) is 10.7. The maximum atomic E-state index is 12.0. The molecule has 3 N–H and O–H groups in total. The zero-order chi connectivity index (χ0) is 24.2. The lowest BCUT2D eigenvalue weighted by molar-refractivity contribution is -0.144. The predicted molar refractivity (Wildman–Crippen MR) is 132 cm³/mol. The minimum Gasteiger partial charge on any atom is -0.484 e. The Morgan fingerprint density at radius 2 is 1.53 bits per heavy atom. The van der Waals surface area contributed by atoms with Crippen LogP contribution in [0.3, 0.4) is 0 Å². The molecule has 0 heterocycles. The number of benzene rings is 3. The minimum atomic E-state index is -0.480. The van der Waals surface area contributed by atoms with Crippen molar-refractivity contribution in [3.8, 4) is 5.75 Å². The molecule has 3 rings (SSSR count). The Kier molecular flexibility index (Phi) is 9.36. The van der Waals surface area contributed by atoms with Crippen LogP contribution in [0.15, 0.2) is 72.8 Å². The van der Waals surface area contributed by atoms with Crippen molar-refractivity contribution in [3.63, 3.8) is 0 Å². The first kappa shape index (κ1) is 24.7. The number of nitrogens with one attached hydrogen (secondary N) is 3. The van der Waals surface area contributed by atoms with Gasteiger partial charge in [0.1, 0.15) is 5.75 Å². The van der Waals surface area contributed by atoms with E-state index in [1.54, 1.807) is 6.07 Å². The third-order valence-corrected chi connectivity index (χ3v) is 4.92. The Morgan fingerprint density at radius 3 is 2.32 bits per heavy atom. The Balaban J connectivity index is 1.27. The molecule has 0 radical (unpaired) electrons. The van der Waals surface area contributed by atoms with Crippen LogP contribution < -0.4 is 20.9 Å². The van der Waals surface area contributed by atoms with Crippen molar-refractivity contribution >= 4 is 45.9 Å². The van der Waals surface area contributed by atoms with Crippen molar-refractivity contribution in [3.05, 3.63) is 78.4 Å². The molecule has 34 heavy (non-hydrogen) atoms. The third-order valence-electron chi connectivity index (χ3n) is 4.71. The van der Waals surface area contributed by atoms with E-state index in [1.807, 2.05) is 66.7 Å². The number of rotatable bonds is 9. The molecule has 176 valence electrons. The molecular formula is C25H25N3O5S. The molecule has 0 aliphatic rings. The Bertz CT molecular complexity index is 1150. The number of fused-ring (bicyclic) bond motifs is 1. The standard InChI is InChI=1S/C25H25N3O5S/c29-22(12-13-24(31)32-15-14-18-6-2-1-3-7-18)26-25(34)28-27-23(30)17-33-21-11-10-19-8-4-5-9-20(19)16-21/h1-11,16H,12-15,17H2,(H,27,30)(H2,26,28,29,34). The van der Waals surface area contributed by atoms with Gasteiger partial charge in [0.05, 0.1) is 13.0 Å². The number of hydrogen-bond acceptors (Lipinski definition) is 6. The van der Waals surface area contributed by atoms with Crippen LogP contribution in [0.5, 0.6) is 5.75 Å². The van der Waals surface area contributed by atoms with E-state index in [4.69, 9.17) is 21.7 Å². The van der Waals surface area contributed by atoms with Crippen LogP contribution in [0.25, 0.3) is 10.8 Å². The normalized spacial score (nSPS) is 10.2. The maximum Gasteiger partial charge on any atom is 0.306 e. The lowest BCUT2D eigenvalue weighted by Crippen LogP contribution is -2.49. The highest BCUT2D eigenvalue weighted by atomic mass is 32.1. The summed E-state index contributed by atoms with van der Waals surface area (Å²) in [6.45, 7) is 0.00840. The third kappa shape index (κ3) is 8.51. The first-order valence-corrected chi connectivity index (χ1v) is 11.1. The summed E-state index contributed by atoms with van der Waals surface area (Å²) in [5.74, 6) is -0.865. The maximum absolute atomic E-state index is 12.0. The van der Waals surface area contributed by atoms with Gasteiger partial charge in [-0.05, 0) is 40.7 Å². The van der Waals surface area contributed by atoms with E-state index < -0.39 is 17.8 Å². The van der Waals surface area contributed by atoms with Gasteiger partial charge in [-0.1, -0.05) is 60.7 Å². The van der Waals surface area contributed by atoms with Crippen molar-refractivity contribution in [1.29, 1.82) is 0 Å². The second kappa shape index (κ2) is 12.9. The summed E-state index contributed by atoms with van der Waals surface area (Å²) in [5, 5.41) is 4.36. The highest BCUT2D eigenvalue weighted by Gasteiger charge is 2.10. The second-order valence-corrected chi connectivity index (χ2v) is 7.71. The fraction of sp³-hybridized carbons (Fsp3) is 0.200. The van der Waals surface area contributed by atoms with Gasteiger partial charge in [0.15, 0.2) is 11.7 Å². The molecule has 0 bridgehead atoms. The molecule has 0 fully saturated rings. The van der Waals surface area contributed by atoms with Crippen molar-refractivity contribution in [2.75, 3.05) is 13.2 Å². The van der Waals surface area contributed by atoms with Gasteiger partial charge >= 0.3 is 5.97 Å². The number of hydrazine groups is 1. The van der Waals surface area contributed by atoms with E-state index in [1.165, 1.54) is 0 Å². The van der Waals surface area contributed by atoms with Gasteiger partial charge in [-0.3, -0.25) is 25.2 Å². The van der Waals surface area contributed by atoms with E-state index in [-0.39, 0.29) is 31.2 Å². The van der Waals surface area contributed by atoms with Crippen molar-refractivity contribution in [2.45, 2.75) is 19.3 Å². The molecular weight excluding hydrogens is 454 g/mol. The molecule has 0 saturated carbocycles. The fourth-order valence-electron chi connectivity index (χ4n) is 3.00. The average Bonchev–Trinajstić information content (AvgIpc) is 2.85. The van der Waals surface area contributed by atoms with Gasteiger partial charge in [0.2, 0.25) is 5.91 Å². The molecule has 2 amide bonds. The highest BCUT2D eigenvalue weighted by Crippen LogP contribution is 2.20. The Morgan fingerprint density at radius 1 is 0.794 bits per heavy atom. The smallest absolute Gasteiger partial charge is 0.306 e. The fourth-order valence-corrected chi connectivity index (χ4v) is 3.17. The monoisotopic (exact) mass is 479 g/mol. The van der Waals surface area contributed by atoms with Crippen molar-refractivity contribution in [1.82, 2.24) is 16.2 Å². The lowest BCUT2D eigenvalue weighted by Gasteiger charge is -2.11. The van der Waals surface area contributed by atoms with Gasteiger partial charge in [0.25, 0.3) is 5.91 Å². The zero-order valence-corrected chi connectivity index (χ0v) is 19.2. The number of hydrogen-bond donors (Lipinski definition) is 3. The minimum absolute atomic E-state index is 0.0742. The molecule has 0 atom stereocenters. The van der Waals surface area contributed by atoms with E-state index >= 15 is 0 Å². The molecule has 9 heteroatoms. The van der Waals surface area contributed by atoms with Gasteiger partial charge in [-0.25, -0.2) is 0 Å². The van der Waals surface area contributed by atoms with E-state index in [9.17, 15) is 14.4 Å². The summed E-state index contributed by atoms with van der Waals surface area (Å²) < 4.78 is 10.6. The summed E-state index contributed by atoms with van der Waals surface area (Å²) in [7, 11) is 0. The molecule has 8 nitrogen and oxygen atoms in total. The van der Waals surface area contributed by atoms with Gasteiger partial charge < -0.3 is 14.8 Å². The van der Waals surface area contributed by atoms with Crippen LogP contribution in [0.2, 0.25) is 0 Å². The first-order chi connectivity index (χ1) is 16.5. The SMILES string of the molecule is O=C(COc1ccc2ccccc2c1)NNC(=S)NC(=O)CCC(=O)OCCc1ccccc1. The Hall–Kier alpha value is -3.98. The van der Waals surface area contributed by atoms with E-state index in [0.29, 0.717) is 12.2 Å². The van der Waals surface area contributed by atoms with Gasteiger partial charge in [-0.15, -0.1) is 0 Å². The summed E-state index contributed by atoms with van der Waals surface area (Å²) in [6, 6.07) is 23.0. The van der Waals surface area contributed by atoms with Gasteiger partial charge in [0, 0.05) is 12.8 Å². The number of ether oxygens (including phenoxy) is 2. The number of thiocarbonyl (C=S) groups is 1. The van der Waals surface area contributed by atoms with Gasteiger partial charge in [-0.2, -0.15) is 0 Å². The molecule has 0 aliphatic carbocycles. The highest BCUT2D eigenvalue weighted by molar-refractivity contribution is 7.80. The van der Waals surface area contributed by atoms with Crippen LogP contribution in [0, 0.1) is 0 Å². The average molecular weight is 480 g/mol. The Labute approximate surface area is 202 Å². The molecule has 3 aromatic carbocycles. The predicted octanol–water partition coefficient (Wildman–Crippen LogP) is 2.81.